The Bertz CT molecular complexity index is 790. The fourth-order valence-electron chi connectivity index (χ4n) is 3.35. The fraction of sp³-hybridized carbons (Fsp3) is 0.450. The summed E-state index contributed by atoms with van der Waals surface area (Å²) in [6.07, 6.45) is 2.36. The predicted molar refractivity (Wildman–Crippen MR) is 103 cm³/mol. The van der Waals surface area contributed by atoms with Crippen LogP contribution >= 0.6 is 0 Å². The molecule has 26 heavy (non-hydrogen) atoms. The molecule has 1 aromatic carbocycles. The normalized spacial score (nSPS) is 16.5. The molecule has 0 aliphatic carbocycles. The topological polar surface area (TPSA) is 76.1 Å². The van der Waals surface area contributed by atoms with Gasteiger partial charge >= 0.3 is 0 Å². The van der Waals surface area contributed by atoms with E-state index >= 15 is 0 Å². The van der Waals surface area contributed by atoms with Gasteiger partial charge in [-0.3, -0.25) is 4.79 Å². The summed E-state index contributed by atoms with van der Waals surface area (Å²) in [6, 6.07) is 5.81. The maximum Gasteiger partial charge on any atom is 0.274 e. The van der Waals surface area contributed by atoms with Crippen molar-refractivity contribution in [1.29, 1.82) is 0 Å². The van der Waals surface area contributed by atoms with Gasteiger partial charge in [-0.1, -0.05) is 17.7 Å². The molecule has 6 heteroatoms. The largest absolute Gasteiger partial charge is 0.376 e. The lowest BCUT2D eigenvalue weighted by Gasteiger charge is -2.14. The van der Waals surface area contributed by atoms with Crippen molar-refractivity contribution in [3.63, 3.8) is 0 Å². The molecule has 1 unspecified atom stereocenters. The summed E-state index contributed by atoms with van der Waals surface area (Å²) in [5.74, 6) is 0.978. The van der Waals surface area contributed by atoms with Gasteiger partial charge in [0.15, 0.2) is 0 Å². The van der Waals surface area contributed by atoms with E-state index in [2.05, 4.69) is 32.7 Å². The van der Waals surface area contributed by atoms with Crippen LogP contribution in [0.3, 0.4) is 0 Å². The molecule has 0 spiro atoms. The van der Waals surface area contributed by atoms with E-state index in [1.54, 1.807) is 13.0 Å². The molecule has 0 radical (unpaired) electrons. The zero-order valence-corrected chi connectivity index (χ0v) is 15.8. The highest BCUT2D eigenvalue weighted by Gasteiger charge is 2.17. The number of nitrogens with zero attached hydrogens (tertiary/aromatic N) is 2. The summed E-state index contributed by atoms with van der Waals surface area (Å²) in [5, 5.41) is 6.25. The molecule has 2 aromatic rings. The van der Waals surface area contributed by atoms with Gasteiger partial charge in [0.1, 0.15) is 17.3 Å². The average Bonchev–Trinajstić information content (AvgIpc) is 3.09. The zero-order chi connectivity index (χ0) is 18.7. The first-order valence-corrected chi connectivity index (χ1v) is 9.03. The molecular formula is C20H26N4O2. The van der Waals surface area contributed by atoms with Crippen molar-refractivity contribution in [1.82, 2.24) is 9.97 Å². The molecule has 2 N–H and O–H groups in total. The third kappa shape index (κ3) is 4.38. The monoisotopic (exact) mass is 354 g/mol. The predicted octanol–water partition coefficient (Wildman–Crippen LogP) is 3.55. The van der Waals surface area contributed by atoms with Gasteiger partial charge in [-0.25, -0.2) is 9.97 Å². The minimum absolute atomic E-state index is 0.209. The Balaban J connectivity index is 1.74. The highest BCUT2D eigenvalue weighted by molar-refractivity contribution is 6.04. The van der Waals surface area contributed by atoms with Gasteiger partial charge in [0.05, 0.1) is 6.10 Å². The second kappa shape index (κ2) is 7.83. The van der Waals surface area contributed by atoms with Crippen LogP contribution in [-0.2, 0) is 4.74 Å². The van der Waals surface area contributed by atoms with Gasteiger partial charge in [-0.05, 0) is 51.7 Å². The van der Waals surface area contributed by atoms with Crippen molar-refractivity contribution in [3.05, 3.63) is 46.4 Å². The van der Waals surface area contributed by atoms with E-state index in [1.165, 1.54) is 5.56 Å². The molecule has 2 heterocycles. The number of carbonyl (C=O) groups is 1. The minimum atomic E-state index is -0.231. The molecular weight excluding hydrogens is 328 g/mol. The maximum atomic E-state index is 12.7. The Morgan fingerprint density at radius 3 is 2.54 bits per heavy atom. The molecule has 1 amide bonds. The lowest BCUT2D eigenvalue weighted by Crippen LogP contribution is -2.21. The SMILES string of the molecule is Cc1cc(C)c(NC(=O)c2cc(NCC3CCCO3)nc(C)n2)c(C)c1. The van der Waals surface area contributed by atoms with E-state index in [4.69, 9.17) is 4.74 Å². The molecule has 1 saturated heterocycles. The fourth-order valence-corrected chi connectivity index (χ4v) is 3.35. The van der Waals surface area contributed by atoms with Crippen LogP contribution in [0.1, 0.15) is 45.8 Å². The lowest BCUT2D eigenvalue weighted by molar-refractivity contribution is 0.102. The number of benzene rings is 1. The maximum absolute atomic E-state index is 12.7. The summed E-state index contributed by atoms with van der Waals surface area (Å²) >= 11 is 0. The van der Waals surface area contributed by atoms with Crippen LogP contribution in [-0.4, -0.2) is 35.1 Å². The summed E-state index contributed by atoms with van der Waals surface area (Å²) in [5.41, 5.74) is 4.45. The van der Waals surface area contributed by atoms with Crippen molar-refractivity contribution >= 4 is 17.4 Å². The van der Waals surface area contributed by atoms with Crippen LogP contribution in [0.25, 0.3) is 0 Å². The second-order valence-electron chi connectivity index (χ2n) is 6.93. The number of amides is 1. The van der Waals surface area contributed by atoms with E-state index in [0.29, 0.717) is 23.9 Å². The van der Waals surface area contributed by atoms with Gasteiger partial charge in [-0.15, -0.1) is 0 Å². The first-order chi connectivity index (χ1) is 12.4. The smallest absolute Gasteiger partial charge is 0.274 e. The van der Waals surface area contributed by atoms with Gasteiger partial charge in [-0.2, -0.15) is 0 Å². The molecule has 3 rings (SSSR count). The molecule has 1 fully saturated rings. The van der Waals surface area contributed by atoms with E-state index in [9.17, 15) is 4.79 Å². The number of aryl methyl sites for hydroxylation is 4. The number of hydrogen-bond donors (Lipinski definition) is 2. The minimum Gasteiger partial charge on any atom is -0.376 e. The highest BCUT2D eigenvalue weighted by Crippen LogP contribution is 2.23. The molecule has 6 nitrogen and oxygen atoms in total. The van der Waals surface area contributed by atoms with Gasteiger partial charge in [0, 0.05) is 24.9 Å². The van der Waals surface area contributed by atoms with Crippen molar-refractivity contribution < 1.29 is 9.53 Å². The van der Waals surface area contributed by atoms with E-state index in [1.807, 2.05) is 20.8 Å². The van der Waals surface area contributed by atoms with Gasteiger partial charge in [0.25, 0.3) is 5.91 Å². The molecule has 1 aliphatic rings. The zero-order valence-electron chi connectivity index (χ0n) is 15.8. The summed E-state index contributed by atoms with van der Waals surface area (Å²) < 4.78 is 5.61. The third-order valence-corrected chi connectivity index (χ3v) is 4.52. The summed E-state index contributed by atoms with van der Waals surface area (Å²) in [4.78, 5) is 21.4. The van der Waals surface area contributed by atoms with E-state index in [-0.39, 0.29) is 12.0 Å². The van der Waals surface area contributed by atoms with Crippen molar-refractivity contribution in [2.75, 3.05) is 23.8 Å². The van der Waals surface area contributed by atoms with Crippen molar-refractivity contribution in [2.24, 2.45) is 0 Å². The molecule has 0 saturated carbocycles. The Hall–Kier alpha value is -2.47. The number of nitrogens with one attached hydrogen (secondary N) is 2. The Morgan fingerprint density at radius 2 is 1.88 bits per heavy atom. The quantitative estimate of drug-likeness (QED) is 0.859. The highest BCUT2D eigenvalue weighted by atomic mass is 16.5. The first-order valence-electron chi connectivity index (χ1n) is 9.03. The standard InChI is InChI=1S/C20H26N4O2/c1-12-8-13(2)19(14(3)9-12)24-20(25)17-10-18(23-15(4)22-17)21-11-16-6-5-7-26-16/h8-10,16H,5-7,11H2,1-4H3,(H,24,25)(H,21,22,23). The van der Waals surface area contributed by atoms with Crippen LogP contribution in [0.15, 0.2) is 18.2 Å². The molecule has 138 valence electrons. The summed E-state index contributed by atoms with van der Waals surface area (Å²) in [6.45, 7) is 9.33. The summed E-state index contributed by atoms with van der Waals surface area (Å²) in [7, 11) is 0. The van der Waals surface area contributed by atoms with Gasteiger partial charge in [0.2, 0.25) is 0 Å². The Kier molecular flexibility index (Phi) is 5.52. The van der Waals surface area contributed by atoms with Crippen LogP contribution in [0, 0.1) is 27.7 Å². The van der Waals surface area contributed by atoms with E-state index < -0.39 is 0 Å². The van der Waals surface area contributed by atoms with Crippen LogP contribution < -0.4 is 10.6 Å². The van der Waals surface area contributed by atoms with Crippen LogP contribution in [0.4, 0.5) is 11.5 Å². The third-order valence-electron chi connectivity index (χ3n) is 4.52. The average molecular weight is 354 g/mol. The van der Waals surface area contributed by atoms with Crippen molar-refractivity contribution in [2.45, 2.75) is 46.6 Å². The van der Waals surface area contributed by atoms with Crippen LogP contribution in [0.2, 0.25) is 0 Å². The second-order valence-corrected chi connectivity index (χ2v) is 6.93. The number of ether oxygens (including phenoxy) is 1. The lowest BCUT2D eigenvalue weighted by atomic mass is 10.0. The first kappa shape index (κ1) is 18.3. The molecule has 1 aliphatic heterocycles. The number of aromatic nitrogens is 2. The number of hydrogen-bond acceptors (Lipinski definition) is 5. The molecule has 1 atom stereocenters. The molecule has 1 aromatic heterocycles. The van der Waals surface area contributed by atoms with Gasteiger partial charge < -0.3 is 15.4 Å². The number of carbonyl (C=O) groups excluding carboxylic acids is 1. The number of rotatable bonds is 5. The molecule has 0 bridgehead atoms. The number of anilines is 2. The Labute approximate surface area is 154 Å². The van der Waals surface area contributed by atoms with Crippen molar-refractivity contribution in [3.8, 4) is 0 Å². The van der Waals surface area contributed by atoms with Crippen LogP contribution in [0.5, 0.6) is 0 Å². The van der Waals surface area contributed by atoms with E-state index in [0.717, 1.165) is 36.3 Å². The Morgan fingerprint density at radius 1 is 1.15 bits per heavy atom.